The smallest absolute Gasteiger partial charge is 0.119 e. The fourth-order valence-corrected chi connectivity index (χ4v) is 2.49. The zero-order valence-electron chi connectivity index (χ0n) is 11.5. The van der Waals surface area contributed by atoms with Crippen LogP contribution in [0.25, 0.3) is 12.2 Å². The molecule has 2 aromatic carbocycles. The van der Waals surface area contributed by atoms with Gasteiger partial charge in [-0.15, -0.1) is 0 Å². The van der Waals surface area contributed by atoms with Gasteiger partial charge in [-0.3, -0.25) is 0 Å². The van der Waals surface area contributed by atoms with Gasteiger partial charge in [0.05, 0.1) is 14.2 Å². The normalized spacial score (nSPS) is 13.3. The number of aliphatic hydroxyl groups is 1. The highest BCUT2D eigenvalue weighted by molar-refractivity contribution is 5.77. The van der Waals surface area contributed by atoms with E-state index in [2.05, 4.69) is 0 Å². The Morgan fingerprint density at radius 1 is 0.800 bits per heavy atom. The second-order valence-corrected chi connectivity index (χ2v) is 4.73. The maximum Gasteiger partial charge on any atom is 0.119 e. The second-order valence-electron chi connectivity index (χ2n) is 4.73. The summed E-state index contributed by atoms with van der Waals surface area (Å²) >= 11 is 0. The molecule has 2 aromatic rings. The van der Waals surface area contributed by atoms with Crippen molar-refractivity contribution >= 4 is 12.2 Å². The third-order valence-electron chi connectivity index (χ3n) is 3.62. The van der Waals surface area contributed by atoms with E-state index in [1.165, 1.54) is 0 Å². The topological polar surface area (TPSA) is 38.7 Å². The minimum atomic E-state index is -0.646. The van der Waals surface area contributed by atoms with Crippen LogP contribution in [0.15, 0.2) is 36.4 Å². The van der Waals surface area contributed by atoms with Crippen molar-refractivity contribution in [2.24, 2.45) is 0 Å². The minimum Gasteiger partial charge on any atom is -0.497 e. The van der Waals surface area contributed by atoms with Gasteiger partial charge in [0.1, 0.15) is 17.6 Å². The lowest BCUT2D eigenvalue weighted by atomic mass is 9.96. The first-order chi connectivity index (χ1) is 9.72. The Bertz CT molecular complexity index is 616. The molecule has 0 saturated carbocycles. The van der Waals surface area contributed by atoms with Gasteiger partial charge in [-0.05, 0) is 46.5 Å². The van der Waals surface area contributed by atoms with Crippen LogP contribution in [-0.4, -0.2) is 19.3 Å². The van der Waals surface area contributed by atoms with E-state index in [0.29, 0.717) is 0 Å². The van der Waals surface area contributed by atoms with Crippen molar-refractivity contribution < 1.29 is 14.6 Å². The lowest BCUT2D eigenvalue weighted by Gasteiger charge is -2.15. The Labute approximate surface area is 118 Å². The molecule has 0 atom stereocenters. The molecule has 0 unspecified atom stereocenters. The minimum absolute atomic E-state index is 0.646. The first kappa shape index (κ1) is 12.8. The Kier molecular flexibility index (Phi) is 3.20. The first-order valence-electron chi connectivity index (χ1n) is 6.45. The third kappa shape index (κ3) is 2.06. The van der Waals surface area contributed by atoms with Crippen LogP contribution in [0.2, 0.25) is 0 Å². The fraction of sp³-hybridized carbons (Fsp3) is 0.176. The van der Waals surface area contributed by atoms with Gasteiger partial charge in [-0.1, -0.05) is 24.3 Å². The highest BCUT2D eigenvalue weighted by atomic mass is 16.5. The maximum absolute atomic E-state index is 10.6. The van der Waals surface area contributed by atoms with E-state index in [9.17, 15) is 5.11 Å². The molecule has 102 valence electrons. The van der Waals surface area contributed by atoms with Gasteiger partial charge in [-0.25, -0.2) is 0 Å². The first-order valence-corrected chi connectivity index (χ1v) is 6.45. The van der Waals surface area contributed by atoms with Crippen molar-refractivity contribution in [2.75, 3.05) is 14.2 Å². The van der Waals surface area contributed by atoms with E-state index >= 15 is 0 Å². The lowest BCUT2D eigenvalue weighted by molar-refractivity contribution is 0.220. The standard InChI is InChI=1S/C17H16O3/c1-19-13-5-7-15-11(9-13)3-4-12-10-14(20-2)6-8-16(12)17(15)18/h3-10,17-18H,1-2H3. The summed E-state index contributed by atoms with van der Waals surface area (Å²) in [6, 6.07) is 11.4. The molecule has 0 spiro atoms. The summed E-state index contributed by atoms with van der Waals surface area (Å²) in [6.45, 7) is 0. The summed E-state index contributed by atoms with van der Waals surface area (Å²) < 4.78 is 10.5. The predicted molar refractivity (Wildman–Crippen MR) is 79.0 cm³/mol. The molecule has 0 amide bonds. The average molecular weight is 268 g/mol. The Balaban J connectivity index is 2.14. The molecule has 0 aliphatic heterocycles. The Hall–Kier alpha value is -2.26. The van der Waals surface area contributed by atoms with Gasteiger partial charge in [0.2, 0.25) is 0 Å². The number of ether oxygens (including phenoxy) is 2. The van der Waals surface area contributed by atoms with Gasteiger partial charge in [0.15, 0.2) is 0 Å². The molecule has 1 aliphatic rings. The molecule has 0 heterocycles. The quantitative estimate of drug-likeness (QED) is 0.908. The highest BCUT2D eigenvalue weighted by Gasteiger charge is 2.19. The van der Waals surface area contributed by atoms with Gasteiger partial charge in [0.25, 0.3) is 0 Å². The number of benzene rings is 2. The zero-order chi connectivity index (χ0) is 14.1. The number of fused-ring (bicyclic) bond motifs is 2. The summed E-state index contributed by atoms with van der Waals surface area (Å²) in [4.78, 5) is 0. The summed E-state index contributed by atoms with van der Waals surface area (Å²) in [7, 11) is 3.27. The molecule has 0 bridgehead atoms. The highest BCUT2D eigenvalue weighted by Crippen LogP contribution is 2.35. The summed E-state index contributed by atoms with van der Waals surface area (Å²) in [5.74, 6) is 1.56. The van der Waals surface area contributed by atoms with Crippen LogP contribution in [0.5, 0.6) is 11.5 Å². The maximum atomic E-state index is 10.6. The molecule has 1 N–H and O–H groups in total. The number of hydrogen-bond donors (Lipinski definition) is 1. The molecule has 3 nitrogen and oxygen atoms in total. The summed E-state index contributed by atoms with van der Waals surface area (Å²) in [5.41, 5.74) is 3.69. The van der Waals surface area contributed by atoms with Crippen molar-refractivity contribution in [1.29, 1.82) is 0 Å². The summed E-state index contributed by atoms with van der Waals surface area (Å²) in [6.07, 6.45) is 3.34. The number of hydrogen-bond acceptors (Lipinski definition) is 3. The van der Waals surface area contributed by atoms with E-state index < -0.39 is 6.10 Å². The van der Waals surface area contributed by atoms with Crippen molar-refractivity contribution in [3.05, 3.63) is 58.7 Å². The average Bonchev–Trinajstić information content (AvgIpc) is 2.64. The monoisotopic (exact) mass is 268 g/mol. The fourth-order valence-electron chi connectivity index (χ4n) is 2.49. The molecule has 0 fully saturated rings. The SMILES string of the molecule is COc1ccc2c(c1)C=Cc1cc(OC)ccc1C2O. The van der Waals surface area contributed by atoms with Crippen molar-refractivity contribution in [3.63, 3.8) is 0 Å². The molecule has 20 heavy (non-hydrogen) atoms. The molecule has 3 heteroatoms. The molecule has 0 radical (unpaired) electrons. The van der Waals surface area contributed by atoms with Gasteiger partial charge >= 0.3 is 0 Å². The lowest BCUT2D eigenvalue weighted by Crippen LogP contribution is -2.03. The van der Waals surface area contributed by atoms with E-state index in [1.807, 2.05) is 48.6 Å². The molecular weight excluding hydrogens is 252 g/mol. The van der Waals surface area contributed by atoms with E-state index in [1.54, 1.807) is 14.2 Å². The van der Waals surface area contributed by atoms with Crippen molar-refractivity contribution in [3.8, 4) is 11.5 Å². The van der Waals surface area contributed by atoms with Crippen LogP contribution >= 0.6 is 0 Å². The van der Waals surface area contributed by atoms with E-state index in [4.69, 9.17) is 9.47 Å². The Morgan fingerprint density at radius 3 is 1.65 bits per heavy atom. The predicted octanol–water partition coefficient (Wildman–Crippen LogP) is 3.27. The van der Waals surface area contributed by atoms with Crippen LogP contribution in [0.3, 0.4) is 0 Å². The molecule has 1 aliphatic carbocycles. The largest absolute Gasteiger partial charge is 0.497 e. The Morgan fingerprint density at radius 2 is 1.25 bits per heavy atom. The van der Waals surface area contributed by atoms with Crippen LogP contribution < -0.4 is 9.47 Å². The molecule has 0 aromatic heterocycles. The molecular formula is C17H16O3. The number of rotatable bonds is 2. The molecule has 3 rings (SSSR count). The van der Waals surface area contributed by atoms with Crippen molar-refractivity contribution in [1.82, 2.24) is 0 Å². The van der Waals surface area contributed by atoms with Crippen LogP contribution in [0.4, 0.5) is 0 Å². The van der Waals surface area contributed by atoms with E-state index in [-0.39, 0.29) is 0 Å². The number of methoxy groups -OCH3 is 2. The third-order valence-corrected chi connectivity index (χ3v) is 3.62. The van der Waals surface area contributed by atoms with Crippen LogP contribution in [0, 0.1) is 0 Å². The van der Waals surface area contributed by atoms with Crippen molar-refractivity contribution in [2.45, 2.75) is 6.10 Å². The number of aliphatic hydroxyl groups excluding tert-OH is 1. The molecule has 0 saturated heterocycles. The van der Waals surface area contributed by atoms with Crippen LogP contribution in [0.1, 0.15) is 28.4 Å². The van der Waals surface area contributed by atoms with Gasteiger partial charge < -0.3 is 14.6 Å². The summed E-state index contributed by atoms with van der Waals surface area (Å²) in [5, 5.41) is 10.6. The van der Waals surface area contributed by atoms with Gasteiger partial charge in [0, 0.05) is 0 Å². The van der Waals surface area contributed by atoms with Gasteiger partial charge in [-0.2, -0.15) is 0 Å². The zero-order valence-corrected chi connectivity index (χ0v) is 11.5. The van der Waals surface area contributed by atoms with E-state index in [0.717, 1.165) is 33.8 Å². The van der Waals surface area contributed by atoms with Crippen LogP contribution in [-0.2, 0) is 0 Å². The second kappa shape index (κ2) is 5.02.